The molecule has 0 amide bonds. The summed E-state index contributed by atoms with van der Waals surface area (Å²) in [5.41, 5.74) is 8.45. The lowest BCUT2D eigenvalue weighted by Crippen LogP contribution is -1.99. The maximum absolute atomic E-state index is 9.45. The molecule has 43 heavy (non-hydrogen) atoms. The molecule has 0 unspecified atom stereocenters. The minimum atomic E-state index is 0.186. The maximum Gasteiger partial charge on any atom is 0.206 e. The van der Waals surface area contributed by atoms with E-state index >= 15 is 0 Å². The molecule has 202 valence electrons. The number of rotatable bonds is 4. The van der Waals surface area contributed by atoms with Crippen LogP contribution in [0.25, 0.3) is 87.4 Å². The monoisotopic (exact) mass is 553 g/mol. The van der Waals surface area contributed by atoms with Crippen LogP contribution in [0.15, 0.2) is 124 Å². The Balaban J connectivity index is 1.46. The first-order valence-electron chi connectivity index (χ1n) is 14.1. The Morgan fingerprint density at radius 1 is 0.767 bits per heavy atom. The van der Waals surface area contributed by atoms with Crippen LogP contribution in [0.2, 0.25) is 0 Å². The van der Waals surface area contributed by atoms with E-state index in [2.05, 4.69) is 76.1 Å². The average Bonchev–Trinajstić information content (AvgIpc) is 3.71. The molecule has 0 aliphatic rings. The van der Waals surface area contributed by atoms with Gasteiger partial charge in [0.1, 0.15) is 22.3 Å². The normalized spacial score (nSPS) is 12.6. The van der Waals surface area contributed by atoms with Crippen LogP contribution in [0.3, 0.4) is 0 Å². The first-order chi connectivity index (χ1) is 21.2. The SMILES string of the molecule is [C-]#[N+]C(=C/C)/C(=C\CC#N)n1c2ccc(-c3ccc4c(c3)oc3ccccc34)cc2c2c3oc4ccccc4c3ccc21. The quantitative estimate of drug-likeness (QED) is 0.161. The summed E-state index contributed by atoms with van der Waals surface area (Å²) in [6, 6.07) is 35.3. The molecule has 0 bridgehead atoms. The van der Waals surface area contributed by atoms with Crippen LogP contribution in [-0.4, -0.2) is 4.57 Å². The second-order valence-electron chi connectivity index (χ2n) is 10.5. The van der Waals surface area contributed by atoms with Crippen molar-refractivity contribution < 1.29 is 8.83 Å². The van der Waals surface area contributed by atoms with Crippen molar-refractivity contribution in [3.05, 3.63) is 126 Å². The standard InChI is InChI=1S/C38H23N3O2/c1-3-30(40-2)32(11-8-20-39)41-31-18-15-23(24-14-16-27-25-9-4-6-12-34(25)42-36(27)22-24)21-29(31)37-33(41)19-17-28-26-10-5-7-13-35(26)43-38(28)37/h3-7,9-19,21-22H,8H2,1H3/b30-3+,32-11+. The molecule has 0 spiro atoms. The molecule has 3 heterocycles. The van der Waals surface area contributed by atoms with Gasteiger partial charge in [0.15, 0.2) is 0 Å². The molecule has 5 aromatic carbocycles. The van der Waals surface area contributed by atoms with Crippen molar-refractivity contribution in [2.24, 2.45) is 0 Å². The van der Waals surface area contributed by atoms with Gasteiger partial charge in [0.2, 0.25) is 5.70 Å². The molecule has 0 aliphatic carbocycles. The topological polar surface area (TPSA) is 59.4 Å². The van der Waals surface area contributed by atoms with Gasteiger partial charge < -0.3 is 13.4 Å². The second-order valence-corrected chi connectivity index (χ2v) is 10.5. The Bertz CT molecular complexity index is 2570. The van der Waals surface area contributed by atoms with Crippen LogP contribution in [0.4, 0.5) is 0 Å². The van der Waals surface area contributed by atoms with Crippen molar-refractivity contribution in [1.82, 2.24) is 4.57 Å². The zero-order chi connectivity index (χ0) is 29.1. The van der Waals surface area contributed by atoms with Crippen LogP contribution in [0.1, 0.15) is 13.3 Å². The largest absolute Gasteiger partial charge is 0.456 e. The zero-order valence-electron chi connectivity index (χ0n) is 23.3. The van der Waals surface area contributed by atoms with E-state index in [9.17, 15) is 5.26 Å². The lowest BCUT2D eigenvalue weighted by atomic mass is 10.0. The number of allylic oxidation sites excluding steroid dienone is 3. The van der Waals surface area contributed by atoms with Gasteiger partial charge in [-0.3, -0.25) is 0 Å². The molecule has 5 heteroatoms. The highest BCUT2D eigenvalue weighted by Gasteiger charge is 2.21. The van der Waals surface area contributed by atoms with Crippen molar-refractivity contribution in [2.75, 3.05) is 0 Å². The van der Waals surface area contributed by atoms with E-state index in [1.165, 1.54) is 0 Å². The van der Waals surface area contributed by atoms with Crippen molar-refractivity contribution in [2.45, 2.75) is 13.3 Å². The average molecular weight is 554 g/mol. The molecule has 0 saturated carbocycles. The van der Waals surface area contributed by atoms with Crippen LogP contribution >= 0.6 is 0 Å². The van der Waals surface area contributed by atoms with Crippen molar-refractivity contribution in [3.8, 4) is 17.2 Å². The number of fused-ring (bicyclic) bond motifs is 10. The van der Waals surface area contributed by atoms with Gasteiger partial charge >= 0.3 is 0 Å². The van der Waals surface area contributed by atoms with Gasteiger partial charge in [-0.1, -0.05) is 67.6 Å². The number of aromatic nitrogens is 1. The third-order valence-electron chi connectivity index (χ3n) is 8.27. The maximum atomic E-state index is 9.45. The first-order valence-corrected chi connectivity index (χ1v) is 14.1. The smallest absolute Gasteiger partial charge is 0.206 e. The summed E-state index contributed by atoms with van der Waals surface area (Å²) < 4.78 is 14.8. The summed E-state index contributed by atoms with van der Waals surface area (Å²) in [4.78, 5) is 3.82. The molecule has 0 fully saturated rings. The molecule has 0 radical (unpaired) electrons. The Labute approximate surface area is 246 Å². The van der Waals surface area contributed by atoms with Crippen LogP contribution in [0, 0.1) is 17.9 Å². The number of hydrogen-bond acceptors (Lipinski definition) is 3. The fourth-order valence-electron chi connectivity index (χ4n) is 6.35. The number of nitrogens with zero attached hydrogens (tertiary/aromatic N) is 3. The van der Waals surface area contributed by atoms with Crippen molar-refractivity contribution in [3.63, 3.8) is 0 Å². The van der Waals surface area contributed by atoms with E-state index in [4.69, 9.17) is 15.4 Å². The highest BCUT2D eigenvalue weighted by molar-refractivity contribution is 6.24. The third kappa shape index (κ3) is 3.63. The molecule has 3 aromatic heterocycles. The minimum absolute atomic E-state index is 0.186. The molecule has 0 N–H and O–H groups in total. The lowest BCUT2D eigenvalue weighted by Gasteiger charge is -2.12. The molecule has 0 saturated heterocycles. The Kier molecular flexibility index (Phi) is 5.47. The van der Waals surface area contributed by atoms with Gasteiger partial charge in [-0.25, -0.2) is 4.85 Å². The fourth-order valence-corrected chi connectivity index (χ4v) is 6.35. The van der Waals surface area contributed by atoms with E-state index in [-0.39, 0.29) is 6.42 Å². The molecule has 0 aliphatic heterocycles. The molecule has 0 atom stereocenters. The molecule has 8 rings (SSSR count). The van der Waals surface area contributed by atoms with E-state index in [1.54, 1.807) is 6.08 Å². The first kappa shape index (κ1) is 24.7. The highest BCUT2D eigenvalue weighted by Crippen LogP contribution is 2.43. The Morgan fingerprint density at radius 3 is 2.19 bits per heavy atom. The van der Waals surface area contributed by atoms with E-state index in [0.717, 1.165) is 76.8 Å². The van der Waals surface area contributed by atoms with Gasteiger partial charge in [-0.05, 0) is 59.7 Å². The van der Waals surface area contributed by atoms with Gasteiger partial charge in [0, 0.05) is 32.6 Å². The predicted octanol–water partition coefficient (Wildman–Crippen LogP) is 10.8. The third-order valence-corrected chi connectivity index (χ3v) is 8.27. The van der Waals surface area contributed by atoms with Gasteiger partial charge in [0.25, 0.3) is 0 Å². The van der Waals surface area contributed by atoms with Crippen molar-refractivity contribution in [1.29, 1.82) is 5.26 Å². The Hall–Kier alpha value is -6.04. The summed E-state index contributed by atoms with van der Waals surface area (Å²) in [5, 5.41) is 15.7. The zero-order valence-corrected chi connectivity index (χ0v) is 23.3. The summed E-state index contributed by atoms with van der Waals surface area (Å²) in [6.07, 6.45) is 3.81. The summed E-state index contributed by atoms with van der Waals surface area (Å²) in [5.74, 6) is 0. The number of furan rings is 2. The number of para-hydroxylation sites is 2. The molecular weight excluding hydrogens is 530 g/mol. The number of hydrogen-bond donors (Lipinski definition) is 0. The lowest BCUT2D eigenvalue weighted by molar-refractivity contribution is 0.669. The molecule has 5 nitrogen and oxygen atoms in total. The van der Waals surface area contributed by atoms with Gasteiger partial charge in [-0.15, -0.1) is 0 Å². The van der Waals surface area contributed by atoms with Crippen LogP contribution < -0.4 is 0 Å². The molecule has 8 aromatic rings. The highest BCUT2D eigenvalue weighted by atomic mass is 16.3. The summed E-state index contributed by atoms with van der Waals surface area (Å²) in [6.45, 7) is 9.75. The van der Waals surface area contributed by atoms with Crippen LogP contribution in [-0.2, 0) is 0 Å². The summed E-state index contributed by atoms with van der Waals surface area (Å²) >= 11 is 0. The van der Waals surface area contributed by atoms with E-state index in [0.29, 0.717) is 11.4 Å². The van der Waals surface area contributed by atoms with Crippen LogP contribution in [0.5, 0.6) is 0 Å². The van der Waals surface area contributed by atoms with E-state index in [1.807, 2.05) is 49.4 Å². The number of nitriles is 1. The fraction of sp³-hybridized carbons (Fsp3) is 0.0526. The van der Waals surface area contributed by atoms with E-state index < -0.39 is 0 Å². The van der Waals surface area contributed by atoms with Gasteiger partial charge in [0.05, 0.1) is 35.5 Å². The number of benzene rings is 5. The predicted molar refractivity (Wildman–Crippen MR) is 174 cm³/mol. The minimum Gasteiger partial charge on any atom is -0.456 e. The Morgan fingerprint density at radius 2 is 1.42 bits per heavy atom. The second kappa shape index (κ2) is 9.52. The van der Waals surface area contributed by atoms with Crippen molar-refractivity contribution >= 4 is 71.4 Å². The summed E-state index contributed by atoms with van der Waals surface area (Å²) in [7, 11) is 0. The molecular formula is C38H23N3O2. The van der Waals surface area contributed by atoms with Gasteiger partial charge in [-0.2, -0.15) is 5.26 Å².